The first-order valence-corrected chi connectivity index (χ1v) is 6.26. The van der Waals surface area contributed by atoms with Crippen molar-refractivity contribution in [1.82, 2.24) is 25.1 Å². The largest absolute Gasteiger partial charge is 0.461 e. The summed E-state index contributed by atoms with van der Waals surface area (Å²) in [5.74, 6) is 0.365. The third-order valence-electron chi connectivity index (χ3n) is 2.29. The molecule has 102 valence electrons. The maximum Gasteiger partial charge on any atom is 0.322 e. The van der Waals surface area contributed by atoms with Crippen LogP contribution in [0.15, 0.2) is 12.4 Å². The first kappa shape index (κ1) is 13.5. The lowest BCUT2D eigenvalue weighted by molar-refractivity contribution is 0.222. The van der Waals surface area contributed by atoms with Crippen LogP contribution in [0.4, 0.5) is 5.95 Å². The maximum atomic E-state index is 5.84. The predicted molar refractivity (Wildman–Crippen MR) is 71.2 cm³/mol. The third-order valence-corrected chi connectivity index (χ3v) is 2.46. The van der Waals surface area contributed by atoms with Crippen molar-refractivity contribution in [3.8, 4) is 6.01 Å². The number of nitrogens with one attached hydrogen (secondary N) is 2. The SMILES string of the molecule is CC(C)Oc1nc(Cl)nc(NC(C)c2cn[nH]c2)n1. The van der Waals surface area contributed by atoms with Gasteiger partial charge in [0.15, 0.2) is 0 Å². The Morgan fingerprint density at radius 1 is 1.26 bits per heavy atom. The molecule has 2 N–H and O–H groups in total. The lowest BCUT2D eigenvalue weighted by atomic mass is 10.2. The van der Waals surface area contributed by atoms with Crippen molar-refractivity contribution in [2.24, 2.45) is 0 Å². The summed E-state index contributed by atoms with van der Waals surface area (Å²) in [7, 11) is 0. The van der Waals surface area contributed by atoms with Gasteiger partial charge in [-0.15, -0.1) is 0 Å². The highest BCUT2D eigenvalue weighted by atomic mass is 35.5. The molecule has 0 spiro atoms. The molecule has 2 aromatic rings. The summed E-state index contributed by atoms with van der Waals surface area (Å²) in [6.07, 6.45) is 3.50. The zero-order chi connectivity index (χ0) is 13.8. The van der Waals surface area contributed by atoms with E-state index in [1.54, 1.807) is 12.4 Å². The summed E-state index contributed by atoms with van der Waals surface area (Å²) in [6.45, 7) is 5.74. The highest BCUT2D eigenvalue weighted by molar-refractivity contribution is 6.28. The van der Waals surface area contributed by atoms with E-state index < -0.39 is 0 Å². The number of nitrogens with zero attached hydrogens (tertiary/aromatic N) is 4. The van der Waals surface area contributed by atoms with Gasteiger partial charge in [0.2, 0.25) is 11.2 Å². The minimum atomic E-state index is -0.0300. The Labute approximate surface area is 115 Å². The maximum absolute atomic E-state index is 5.84. The van der Waals surface area contributed by atoms with Crippen molar-refractivity contribution in [3.63, 3.8) is 0 Å². The van der Waals surface area contributed by atoms with Crippen molar-refractivity contribution in [2.75, 3.05) is 5.32 Å². The van der Waals surface area contributed by atoms with E-state index in [4.69, 9.17) is 16.3 Å². The van der Waals surface area contributed by atoms with Crippen molar-refractivity contribution in [3.05, 3.63) is 23.2 Å². The molecule has 0 fully saturated rings. The fourth-order valence-corrected chi connectivity index (χ4v) is 1.59. The van der Waals surface area contributed by atoms with Crippen LogP contribution in [0.1, 0.15) is 32.4 Å². The van der Waals surface area contributed by atoms with Crippen molar-refractivity contribution < 1.29 is 4.74 Å². The Bertz CT molecular complexity index is 530. The van der Waals surface area contributed by atoms with Gasteiger partial charge in [-0.05, 0) is 32.4 Å². The van der Waals surface area contributed by atoms with Gasteiger partial charge in [-0.25, -0.2) is 0 Å². The number of aromatic amines is 1. The van der Waals surface area contributed by atoms with Gasteiger partial charge in [-0.3, -0.25) is 5.10 Å². The molecule has 0 saturated heterocycles. The van der Waals surface area contributed by atoms with E-state index in [1.165, 1.54) is 0 Å². The fraction of sp³-hybridized carbons (Fsp3) is 0.455. The topological polar surface area (TPSA) is 88.6 Å². The lowest BCUT2D eigenvalue weighted by Gasteiger charge is -2.13. The smallest absolute Gasteiger partial charge is 0.322 e. The summed E-state index contributed by atoms with van der Waals surface area (Å²) in [4.78, 5) is 12.1. The monoisotopic (exact) mass is 282 g/mol. The van der Waals surface area contributed by atoms with Gasteiger partial charge in [0.05, 0.1) is 18.3 Å². The molecule has 2 aromatic heterocycles. The average Bonchev–Trinajstić information content (AvgIpc) is 2.79. The summed E-state index contributed by atoms with van der Waals surface area (Å²) >= 11 is 5.84. The Kier molecular flexibility index (Phi) is 4.16. The molecule has 7 nitrogen and oxygen atoms in total. The lowest BCUT2D eigenvalue weighted by Crippen LogP contribution is -2.13. The molecule has 8 heteroatoms. The van der Waals surface area contributed by atoms with E-state index in [2.05, 4.69) is 30.5 Å². The molecule has 2 heterocycles. The van der Waals surface area contributed by atoms with Gasteiger partial charge >= 0.3 is 6.01 Å². The second-order valence-electron chi connectivity index (χ2n) is 4.27. The molecule has 2 rings (SSSR count). The minimum Gasteiger partial charge on any atom is -0.461 e. The van der Waals surface area contributed by atoms with E-state index in [0.29, 0.717) is 5.95 Å². The van der Waals surface area contributed by atoms with E-state index in [0.717, 1.165) is 5.56 Å². The van der Waals surface area contributed by atoms with E-state index in [9.17, 15) is 0 Å². The number of anilines is 1. The quantitative estimate of drug-likeness (QED) is 0.874. The van der Waals surface area contributed by atoms with Crippen molar-refractivity contribution in [2.45, 2.75) is 32.9 Å². The van der Waals surface area contributed by atoms with Gasteiger partial charge in [-0.1, -0.05) is 0 Å². The number of aromatic nitrogens is 5. The number of halogens is 1. The summed E-state index contributed by atoms with van der Waals surface area (Å²) in [6, 6.07) is 0.195. The van der Waals surface area contributed by atoms with E-state index >= 15 is 0 Å². The van der Waals surface area contributed by atoms with Gasteiger partial charge in [0.25, 0.3) is 0 Å². The predicted octanol–water partition coefficient (Wildman–Crippen LogP) is 2.21. The zero-order valence-electron chi connectivity index (χ0n) is 10.9. The highest BCUT2D eigenvalue weighted by Gasteiger charge is 2.11. The summed E-state index contributed by atoms with van der Waals surface area (Å²) in [5, 5.41) is 9.84. The average molecular weight is 283 g/mol. The van der Waals surface area contributed by atoms with Gasteiger partial charge in [-0.2, -0.15) is 20.1 Å². The van der Waals surface area contributed by atoms with Crippen LogP contribution in [0.5, 0.6) is 6.01 Å². The van der Waals surface area contributed by atoms with Crippen molar-refractivity contribution >= 4 is 17.5 Å². The van der Waals surface area contributed by atoms with Crippen LogP contribution in [-0.2, 0) is 0 Å². The summed E-state index contributed by atoms with van der Waals surface area (Å²) in [5.41, 5.74) is 0.989. The van der Waals surface area contributed by atoms with Crippen LogP contribution in [0, 0.1) is 0 Å². The Morgan fingerprint density at radius 3 is 2.68 bits per heavy atom. The molecule has 19 heavy (non-hydrogen) atoms. The second-order valence-corrected chi connectivity index (χ2v) is 4.61. The van der Waals surface area contributed by atoms with Gasteiger partial charge < -0.3 is 10.1 Å². The number of hydrogen-bond acceptors (Lipinski definition) is 6. The van der Waals surface area contributed by atoms with Crippen LogP contribution in [0.25, 0.3) is 0 Å². The zero-order valence-corrected chi connectivity index (χ0v) is 11.6. The molecular weight excluding hydrogens is 268 g/mol. The summed E-state index contributed by atoms with van der Waals surface area (Å²) < 4.78 is 5.40. The first-order chi connectivity index (χ1) is 9.04. The number of rotatable bonds is 5. The molecule has 0 aliphatic carbocycles. The molecule has 0 saturated carbocycles. The third kappa shape index (κ3) is 3.78. The molecule has 0 amide bonds. The van der Waals surface area contributed by atoms with Crippen molar-refractivity contribution in [1.29, 1.82) is 0 Å². The first-order valence-electron chi connectivity index (χ1n) is 5.88. The van der Waals surface area contributed by atoms with Crippen LogP contribution in [-0.4, -0.2) is 31.3 Å². The molecular formula is C11H15ClN6O. The van der Waals surface area contributed by atoms with Gasteiger partial charge in [0.1, 0.15) is 0 Å². The highest BCUT2D eigenvalue weighted by Crippen LogP contribution is 2.18. The number of ether oxygens (including phenoxy) is 1. The minimum absolute atomic E-state index is 0.0101. The molecule has 0 aromatic carbocycles. The fourth-order valence-electron chi connectivity index (χ4n) is 1.43. The Morgan fingerprint density at radius 2 is 2.05 bits per heavy atom. The Balaban J connectivity index is 2.13. The Hall–Kier alpha value is -1.89. The molecule has 0 aliphatic heterocycles. The van der Waals surface area contributed by atoms with Gasteiger partial charge in [0, 0.05) is 11.8 Å². The molecule has 1 unspecified atom stereocenters. The number of hydrogen-bond donors (Lipinski definition) is 2. The van der Waals surface area contributed by atoms with Crippen LogP contribution in [0.2, 0.25) is 5.28 Å². The van der Waals surface area contributed by atoms with E-state index in [1.807, 2.05) is 20.8 Å². The van der Waals surface area contributed by atoms with Crippen LogP contribution < -0.4 is 10.1 Å². The molecule has 0 bridgehead atoms. The van der Waals surface area contributed by atoms with Crippen LogP contribution in [0.3, 0.4) is 0 Å². The standard InChI is InChI=1S/C11H15ClN6O/c1-6(2)19-11-17-9(12)16-10(18-11)15-7(3)8-4-13-14-5-8/h4-7H,1-3H3,(H,13,14)(H,15,16,17,18). The normalized spacial score (nSPS) is 12.5. The second kappa shape index (κ2) is 5.83. The molecule has 1 atom stereocenters. The molecule has 0 aliphatic rings. The molecule has 0 radical (unpaired) electrons. The number of H-pyrrole nitrogens is 1. The van der Waals surface area contributed by atoms with Crippen LogP contribution >= 0.6 is 11.6 Å². The van der Waals surface area contributed by atoms with E-state index in [-0.39, 0.29) is 23.4 Å².